The van der Waals surface area contributed by atoms with Gasteiger partial charge in [-0.2, -0.15) is 0 Å². The van der Waals surface area contributed by atoms with Crippen molar-refractivity contribution < 1.29 is 13.6 Å². The maximum atomic E-state index is 14.0. The lowest BCUT2D eigenvalue weighted by Crippen LogP contribution is -2.65. The molecule has 2 aliphatic rings. The number of aryl methyl sites for hydroxylation is 2. The van der Waals surface area contributed by atoms with Crippen LogP contribution in [0, 0.1) is 25.6 Å². The van der Waals surface area contributed by atoms with E-state index in [9.17, 15) is 9.18 Å². The van der Waals surface area contributed by atoms with Crippen molar-refractivity contribution in [3.63, 3.8) is 0 Å². The van der Waals surface area contributed by atoms with Crippen molar-refractivity contribution in [2.45, 2.75) is 26.3 Å². The number of hydrogen-bond donors (Lipinski definition) is 0. The van der Waals surface area contributed by atoms with Crippen molar-refractivity contribution in [3.05, 3.63) is 59.5 Å². The van der Waals surface area contributed by atoms with Gasteiger partial charge >= 0.3 is 0 Å². The number of amides is 1. The first kappa shape index (κ1) is 18.7. The summed E-state index contributed by atoms with van der Waals surface area (Å²) in [6, 6.07) is 6.24. The van der Waals surface area contributed by atoms with Gasteiger partial charge in [-0.05, 0) is 44.5 Å². The first-order chi connectivity index (χ1) is 14.5. The van der Waals surface area contributed by atoms with Crippen molar-refractivity contribution in [2.75, 3.05) is 24.5 Å². The fourth-order valence-corrected chi connectivity index (χ4v) is 4.45. The topological polar surface area (TPSA) is 75.4 Å². The molecular formula is C22H22FN5O2. The lowest BCUT2D eigenvalue weighted by molar-refractivity contribution is 0.0589. The molecule has 3 aromatic rings. The molecule has 0 radical (unpaired) electrons. The van der Waals surface area contributed by atoms with Crippen LogP contribution >= 0.6 is 0 Å². The first-order valence-corrected chi connectivity index (χ1v) is 10.1. The Bertz CT molecular complexity index is 1080. The smallest absolute Gasteiger partial charge is 0.254 e. The minimum atomic E-state index is -0.461. The summed E-state index contributed by atoms with van der Waals surface area (Å²) < 4.78 is 19.3. The molecule has 1 aromatic carbocycles. The predicted molar refractivity (Wildman–Crippen MR) is 109 cm³/mol. The summed E-state index contributed by atoms with van der Waals surface area (Å²) in [7, 11) is 0. The minimum Gasteiger partial charge on any atom is -0.445 e. The molecule has 2 aromatic heterocycles. The molecule has 2 atom stereocenters. The van der Waals surface area contributed by atoms with Crippen LogP contribution in [0.3, 0.4) is 0 Å². The van der Waals surface area contributed by atoms with Gasteiger partial charge in [-0.1, -0.05) is 0 Å². The summed E-state index contributed by atoms with van der Waals surface area (Å²) in [6.45, 7) is 6.02. The Labute approximate surface area is 173 Å². The molecular weight excluding hydrogens is 385 g/mol. The van der Waals surface area contributed by atoms with Gasteiger partial charge in [-0.25, -0.2) is 19.3 Å². The van der Waals surface area contributed by atoms with E-state index in [1.54, 1.807) is 11.0 Å². The second-order valence-electron chi connectivity index (χ2n) is 8.00. The van der Waals surface area contributed by atoms with Gasteiger partial charge in [0.1, 0.15) is 12.1 Å². The SMILES string of the molecule is Cc1cc(C)nc(N2CC3CCN(C(=O)c4cc(F)ccc4-c4ncco4)CC32)n1. The average Bonchev–Trinajstić information content (AvgIpc) is 3.22. The van der Waals surface area contributed by atoms with E-state index < -0.39 is 5.82 Å². The number of benzene rings is 1. The van der Waals surface area contributed by atoms with Crippen LogP contribution < -0.4 is 4.90 Å². The van der Waals surface area contributed by atoms with Gasteiger partial charge in [0.15, 0.2) is 0 Å². The Morgan fingerprint density at radius 2 is 1.97 bits per heavy atom. The molecule has 8 heteroatoms. The second kappa shape index (κ2) is 7.19. The molecule has 0 saturated carbocycles. The first-order valence-electron chi connectivity index (χ1n) is 10.1. The molecule has 1 amide bonds. The van der Waals surface area contributed by atoms with E-state index in [4.69, 9.17) is 4.42 Å². The highest BCUT2D eigenvalue weighted by molar-refractivity contribution is 6.00. The number of nitrogens with zero attached hydrogens (tertiary/aromatic N) is 5. The number of carbonyl (C=O) groups excluding carboxylic acids is 1. The van der Waals surface area contributed by atoms with Gasteiger partial charge in [0.05, 0.1) is 23.4 Å². The van der Waals surface area contributed by atoms with Crippen molar-refractivity contribution in [1.82, 2.24) is 19.9 Å². The monoisotopic (exact) mass is 407 g/mol. The Morgan fingerprint density at radius 1 is 1.17 bits per heavy atom. The predicted octanol–water partition coefficient (Wildman–Crippen LogP) is 3.24. The lowest BCUT2D eigenvalue weighted by Gasteiger charge is -2.53. The number of hydrogen-bond acceptors (Lipinski definition) is 6. The van der Waals surface area contributed by atoms with E-state index in [0.717, 1.165) is 24.4 Å². The van der Waals surface area contributed by atoms with E-state index in [1.165, 1.54) is 24.6 Å². The summed E-state index contributed by atoms with van der Waals surface area (Å²) in [5.74, 6) is 0.861. The highest BCUT2D eigenvalue weighted by Gasteiger charge is 2.45. The Hall–Kier alpha value is -3.29. The fraction of sp³-hybridized carbons (Fsp3) is 0.364. The van der Waals surface area contributed by atoms with Crippen LogP contribution in [-0.4, -0.2) is 51.4 Å². The van der Waals surface area contributed by atoms with Crippen LogP contribution in [0.25, 0.3) is 11.5 Å². The van der Waals surface area contributed by atoms with Gasteiger partial charge < -0.3 is 14.2 Å². The highest BCUT2D eigenvalue weighted by atomic mass is 19.1. The van der Waals surface area contributed by atoms with Crippen molar-refractivity contribution >= 4 is 11.9 Å². The zero-order valence-electron chi connectivity index (χ0n) is 16.9. The number of piperidine rings is 1. The molecule has 154 valence electrons. The molecule has 2 aliphatic heterocycles. The van der Waals surface area contributed by atoms with Crippen molar-refractivity contribution in [1.29, 1.82) is 0 Å². The normalized spacial score (nSPS) is 20.6. The zero-order chi connectivity index (χ0) is 20.8. The number of halogens is 1. The maximum Gasteiger partial charge on any atom is 0.254 e. The summed E-state index contributed by atoms with van der Waals surface area (Å²) in [6.07, 6.45) is 3.85. The fourth-order valence-electron chi connectivity index (χ4n) is 4.45. The summed E-state index contributed by atoms with van der Waals surface area (Å²) >= 11 is 0. The number of carbonyl (C=O) groups is 1. The third kappa shape index (κ3) is 3.22. The number of fused-ring (bicyclic) bond motifs is 1. The van der Waals surface area contributed by atoms with E-state index in [1.807, 2.05) is 19.9 Å². The maximum absolute atomic E-state index is 14.0. The Kier molecular flexibility index (Phi) is 4.49. The van der Waals surface area contributed by atoms with E-state index >= 15 is 0 Å². The molecule has 30 heavy (non-hydrogen) atoms. The molecule has 7 nitrogen and oxygen atoms in total. The quantitative estimate of drug-likeness (QED) is 0.664. The van der Waals surface area contributed by atoms with Gasteiger partial charge in [0.25, 0.3) is 5.91 Å². The van der Waals surface area contributed by atoms with Gasteiger partial charge in [0, 0.05) is 36.9 Å². The lowest BCUT2D eigenvalue weighted by atomic mass is 9.82. The summed E-state index contributed by atoms with van der Waals surface area (Å²) in [4.78, 5) is 30.6. The van der Waals surface area contributed by atoms with Crippen LogP contribution in [0.1, 0.15) is 28.2 Å². The molecule has 5 rings (SSSR count). The van der Waals surface area contributed by atoms with E-state index in [2.05, 4.69) is 19.9 Å². The van der Waals surface area contributed by atoms with E-state index in [0.29, 0.717) is 36.4 Å². The van der Waals surface area contributed by atoms with Crippen LogP contribution in [0.15, 0.2) is 41.1 Å². The molecule has 0 aliphatic carbocycles. The van der Waals surface area contributed by atoms with Crippen LogP contribution in [0.5, 0.6) is 0 Å². The third-order valence-electron chi connectivity index (χ3n) is 5.94. The van der Waals surface area contributed by atoms with Crippen LogP contribution in [-0.2, 0) is 0 Å². The summed E-state index contributed by atoms with van der Waals surface area (Å²) in [5, 5.41) is 0. The number of likely N-dealkylation sites (tertiary alicyclic amines) is 1. The van der Waals surface area contributed by atoms with Gasteiger partial charge in [0.2, 0.25) is 11.8 Å². The molecule has 0 bridgehead atoms. The molecule has 0 N–H and O–H groups in total. The number of aromatic nitrogens is 3. The molecule has 2 saturated heterocycles. The Morgan fingerprint density at radius 3 is 2.70 bits per heavy atom. The second-order valence-corrected chi connectivity index (χ2v) is 8.00. The zero-order valence-corrected chi connectivity index (χ0v) is 16.9. The third-order valence-corrected chi connectivity index (χ3v) is 5.94. The summed E-state index contributed by atoms with van der Waals surface area (Å²) in [5.41, 5.74) is 2.63. The standard InChI is InChI=1S/C22H22FN5O2/c1-13-9-14(2)26-22(25-13)28-11-15-5-7-27(12-19(15)28)21(29)18-10-16(23)3-4-17(18)20-24-6-8-30-20/h3-4,6,8-10,15,19H,5,7,11-12H2,1-2H3. The Balaban J connectivity index is 1.40. The van der Waals surface area contributed by atoms with Crippen molar-refractivity contribution in [3.8, 4) is 11.5 Å². The van der Waals surface area contributed by atoms with Crippen molar-refractivity contribution in [2.24, 2.45) is 5.92 Å². The molecule has 2 fully saturated rings. The molecule has 0 spiro atoms. The largest absolute Gasteiger partial charge is 0.445 e. The van der Waals surface area contributed by atoms with Gasteiger partial charge in [-0.15, -0.1) is 0 Å². The highest BCUT2D eigenvalue weighted by Crippen LogP contribution is 2.36. The number of rotatable bonds is 3. The number of oxazole rings is 1. The minimum absolute atomic E-state index is 0.169. The van der Waals surface area contributed by atoms with Crippen LogP contribution in [0.4, 0.5) is 10.3 Å². The van der Waals surface area contributed by atoms with Gasteiger partial charge in [-0.3, -0.25) is 4.79 Å². The number of anilines is 1. The van der Waals surface area contributed by atoms with E-state index in [-0.39, 0.29) is 17.5 Å². The average molecular weight is 407 g/mol. The molecule has 4 heterocycles. The van der Waals surface area contributed by atoms with Crippen LogP contribution in [0.2, 0.25) is 0 Å². The molecule has 2 unspecified atom stereocenters.